The van der Waals surface area contributed by atoms with Crippen molar-refractivity contribution in [3.05, 3.63) is 29.8 Å². The fourth-order valence-corrected chi connectivity index (χ4v) is 1.99. The molecule has 6 heteroatoms. The van der Waals surface area contributed by atoms with Crippen molar-refractivity contribution in [1.29, 1.82) is 0 Å². The van der Waals surface area contributed by atoms with E-state index >= 15 is 0 Å². The lowest BCUT2D eigenvalue weighted by molar-refractivity contribution is -0.129. The molecule has 0 saturated heterocycles. The highest BCUT2D eigenvalue weighted by Gasteiger charge is 2.26. The topological polar surface area (TPSA) is 74.7 Å². The lowest BCUT2D eigenvalue weighted by Gasteiger charge is -2.20. The van der Waals surface area contributed by atoms with Gasteiger partial charge in [0.2, 0.25) is 5.91 Å². The van der Waals surface area contributed by atoms with Gasteiger partial charge in [0, 0.05) is 19.8 Å². The quantitative estimate of drug-likeness (QED) is 0.878. The first-order chi connectivity index (χ1) is 8.21. The van der Waals surface area contributed by atoms with Crippen molar-refractivity contribution in [3.8, 4) is 5.75 Å². The molecule has 100 valence electrons. The summed E-state index contributed by atoms with van der Waals surface area (Å²) in [5.74, 6) is -0.289. The molecule has 1 unspecified atom stereocenters. The maximum absolute atomic E-state index is 11.9. The standard InChI is InChI=1S/C12H17NO4S/c1-9(18(3,16)17)12(15)13(2)8-10-4-6-11(14)7-5-10/h4-7,9,14H,8H2,1-3H3. The zero-order chi connectivity index (χ0) is 13.9. The van der Waals surface area contributed by atoms with Crippen molar-refractivity contribution in [1.82, 2.24) is 4.90 Å². The first-order valence-corrected chi connectivity index (χ1v) is 7.39. The summed E-state index contributed by atoms with van der Waals surface area (Å²) in [6.07, 6.45) is 1.05. The second kappa shape index (κ2) is 5.39. The van der Waals surface area contributed by atoms with Gasteiger partial charge in [-0.1, -0.05) is 12.1 Å². The summed E-state index contributed by atoms with van der Waals surface area (Å²) in [6.45, 7) is 1.68. The fourth-order valence-electron chi connectivity index (χ4n) is 1.45. The fraction of sp³-hybridized carbons (Fsp3) is 0.417. The van der Waals surface area contributed by atoms with Crippen LogP contribution in [-0.2, 0) is 21.2 Å². The lowest BCUT2D eigenvalue weighted by atomic mass is 10.2. The summed E-state index contributed by atoms with van der Waals surface area (Å²) in [7, 11) is -1.82. The molecule has 0 spiro atoms. The molecule has 1 amide bonds. The number of hydrogen-bond donors (Lipinski definition) is 1. The van der Waals surface area contributed by atoms with E-state index in [0.717, 1.165) is 11.8 Å². The first kappa shape index (κ1) is 14.5. The number of benzene rings is 1. The summed E-state index contributed by atoms with van der Waals surface area (Å²) < 4.78 is 22.6. The maximum atomic E-state index is 11.9. The van der Waals surface area contributed by atoms with Crippen LogP contribution in [0, 0.1) is 0 Å². The van der Waals surface area contributed by atoms with Gasteiger partial charge in [0.05, 0.1) is 0 Å². The average Bonchev–Trinajstić information content (AvgIpc) is 2.29. The molecule has 1 atom stereocenters. The van der Waals surface area contributed by atoms with E-state index in [4.69, 9.17) is 5.11 Å². The monoisotopic (exact) mass is 271 g/mol. The third-order valence-corrected chi connectivity index (χ3v) is 4.21. The van der Waals surface area contributed by atoms with Crippen LogP contribution in [-0.4, -0.2) is 42.9 Å². The van der Waals surface area contributed by atoms with Gasteiger partial charge in [0.15, 0.2) is 9.84 Å². The summed E-state index contributed by atoms with van der Waals surface area (Å²) in [4.78, 5) is 13.2. The number of amides is 1. The van der Waals surface area contributed by atoms with Crippen LogP contribution in [0.2, 0.25) is 0 Å². The Kier molecular flexibility index (Phi) is 4.34. The third kappa shape index (κ3) is 3.73. The predicted octanol–water partition coefficient (Wildman–Crippen LogP) is 0.784. The lowest BCUT2D eigenvalue weighted by Crippen LogP contribution is -2.38. The molecule has 1 N–H and O–H groups in total. The number of phenols is 1. The van der Waals surface area contributed by atoms with Gasteiger partial charge in [-0.05, 0) is 24.6 Å². The highest BCUT2D eigenvalue weighted by atomic mass is 32.2. The second-order valence-corrected chi connectivity index (χ2v) is 6.70. The van der Waals surface area contributed by atoms with Gasteiger partial charge >= 0.3 is 0 Å². The van der Waals surface area contributed by atoms with Crippen LogP contribution in [0.4, 0.5) is 0 Å². The van der Waals surface area contributed by atoms with E-state index in [9.17, 15) is 13.2 Å². The molecule has 0 fully saturated rings. The van der Waals surface area contributed by atoms with Crippen molar-refractivity contribution >= 4 is 15.7 Å². The van der Waals surface area contributed by atoms with Gasteiger partial charge < -0.3 is 10.0 Å². The molecule has 1 rings (SSSR count). The van der Waals surface area contributed by atoms with Gasteiger partial charge in [-0.3, -0.25) is 4.79 Å². The molecule has 0 radical (unpaired) electrons. The normalized spacial score (nSPS) is 13.1. The molecule has 1 aromatic carbocycles. The van der Waals surface area contributed by atoms with E-state index in [1.165, 1.54) is 24.0 Å². The number of nitrogens with zero attached hydrogens (tertiary/aromatic N) is 1. The van der Waals surface area contributed by atoms with Gasteiger partial charge in [-0.15, -0.1) is 0 Å². The van der Waals surface area contributed by atoms with Crippen molar-refractivity contribution in [2.75, 3.05) is 13.3 Å². The Hall–Kier alpha value is -1.56. The van der Waals surface area contributed by atoms with Gasteiger partial charge in [0.1, 0.15) is 11.0 Å². The van der Waals surface area contributed by atoms with E-state index < -0.39 is 21.0 Å². The predicted molar refractivity (Wildman–Crippen MR) is 68.9 cm³/mol. The zero-order valence-corrected chi connectivity index (χ0v) is 11.4. The minimum absolute atomic E-state index is 0.150. The minimum Gasteiger partial charge on any atom is -0.508 e. The van der Waals surface area contributed by atoms with Crippen LogP contribution < -0.4 is 0 Å². The molecule has 18 heavy (non-hydrogen) atoms. The molecule has 1 aromatic rings. The molecule has 0 saturated carbocycles. The summed E-state index contributed by atoms with van der Waals surface area (Å²) in [6, 6.07) is 6.41. The number of phenolic OH excluding ortho intramolecular Hbond substituents is 1. The zero-order valence-electron chi connectivity index (χ0n) is 10.6. The SMILES string of the molecule is CC(C(=O)N(C)Cc1ccc(O)cc1)S(C)(=O)=O. The van der Waals surface area contributed by atoms with Crippen LogP contribution in [0.25, 0.3) is 0 Å². The number of carbonyl (C=O) groups is 1. The Balaban J connectivity index is 2.74. The van der Waals surface area contributed by atoms with Crippen LogP contribution in [0.1, 0.15) is 12.5 Å². The van der Waals surface area contributed by atoms with E-state index in [1.807, 2.05) is 0 Å². The molecule has 0 bridgehead atoms. The van der Waals surface area contributed by atoms with Crippen molar-refractivity contribution < 1.29 is 18.3 Å². The van der Waals surface area contributed by atoms with Crippen molar-refractivity contribution in [2.45, 2.75) is 18.7 Å². The Morgan fingerprint density at radius 3 is 2.28 bits per heavy atom. The highest BCUT2D eigenvalue weighted by Crippen LogP contribution is 2.12. The number of sulfone groups is 1. The number of hydrogen-bond acceptors (Lipinski definition) is 4. The summed E-state index contributed by atoms with van der Waals surface area (Å²) in [5, 5.41) is 8.09. The van der Waals surface area contributed by atoms with E-state index in [1.54, 1.807) is 19.2 Å². The molecule has 0 aliphatic rings. The van der Waals surface area contributed by atoms with Crippen LogP contribution >= 0.6 is 0 Å². The Morgan fingerprint density at radius 2 is 1.83 bits per heavy atom. The molecule has 0 aromatic heterocycles. The number of carbonyl (C=O) groups excluding carboxylic acids is 1. The van der Waals surface area contributed by atoms with Gasteiger partial charge in [-0.25, -0.2) is 8.42 Å². The summed E-state index contributed by atoms with van der Waals surface area (Å²) in [5.41, 5.74) is 0.823. The molecular formula is C12H17NO4S. The second-order valence-electron chi connectivity index (χ2n) is 4.33. The van der Waals surface area contributed by atoms with Crippen LogP contribution in [0.3, 0.4) is 0 Å². The van der Waals surface area contributed by atoms with Crippen LogP contribution in [0.5, 0.6) is 5.75 Å². The molecule has 0 aliphatic carbocycles. The third-order valence-electron chi connectivity index (χ3n) is 2.72. The summed E-state index contributed by atoms with van der Waals surface area (Å²) >= 11 is 0. The molecule has 5 nitrogen and oxygen atoms in total. The van der Waals surface area contributed by atoms with Crippen LogP contribution in [0.15, 0.2) is 24.3 Å². The molecule has 0 aliphatic heterocycles. The maximum Gasteiger partial charge on any atom is 0.240 e. The number of aromatic hydroxyl groups is 1. The van der Waals surface area contributed by atoms with Gasteiger partial charge in [-0.2, -0.15) is 0 Å². The van der Waals surface area contributed by atoms with Crippen molar-refractivity contribution in [2.24, 2.45) is 0 Å². The van der Waals surface area contributed by atoms with E-state index in [0.29, 0.717) is 6.54 Å². The Labute approximate surface area is 107 Å². The van der Waals surface area contributed by atoms with E-state index in [2.05, 4.69) is 0 Å². The first-order valence-electron chi connectivity index (χ1n) is 5.43. The van der Waals surface area contributed by atoms with E-state index in [-0.39, 0.29) is 5.75 Å². The Bertz CT molecular complexity index is 522. The minimum atomic E-state index is -3.38. The number of rotatable bonds is 4. The Morgan fingerprint density at radius 1 is 1.33 bits per heavy atom. The molecular weight excluding hydrogens is 254 g/mol. The largest absolute Gasteiger partial charge is 0.508 e. The van der Waals surface area contributed by atoms with Crippen molar-refractivity contribution in [3.63, 3.8) is 0 Å². The smallest absolute Gasteiger partial charge is 0.240 e. The van der Waals surface area contributed by atoms with Gasteiger partial charge in [0.25, 0.3) is 0 Å². The average molecular weight is 271 g/mol. The molecule has 0 heterocycles. The highest BCUT2D eigenvalue weighted by molar-refractivity contribution is 7.92.